The van der Waals surface area contributed by atoms with Crippen LogP contribution in [-0.2, 0) is 4.74 Å². The van der Waals surface area contributed by atoms with Crippen molar-refractivity contribution in [1.29, 1.82) is 0 Å². The molecule has 8 heteroatoms. The van der Waals surface area contributed by atoms with Crippen LogP contribution in [0.3, 0.4) is 0 Å². The molecule has 5 rings (SSSR count). The first-order chi connectivity index (χ1) is 15.7. The van der Waals surface area contributed by atoms with E-state index in [0.29, 0.717) is 11.9 Å². The maximum atomic E-state index is 12.8. The molecule has 0 bridgehead atoms. The number of anilines is 1. The van der Waals surface area contributed by atoms with Gasteiger partial charge in [0, 0.05) is 75.0 Å². The molecule has 2 fully saturated rings. The SMILES string of the molecule is CCN1CCN(C(=O)Nc2cc(-c3cn(C4CCOCC4)c4cnccc34)ccn2)CC1. The lowest BCUT2D eigenvalue weighted by atomic mass is 10.1. The summed E-state index contributed by atoms with van der Waals surface area (Å²) in [4.78, 5) is 25.8. The van der Waals surface area contributed by atoms with Crippen molar-refractivity contribution in [3.05, 3.63) is 43.0 Å². The van der Waals surface area contributed by atoms with E-state index in [1.165, 1.54) is 0 Å². The van der Waals surface area contributed by atoms with Crippen LogP contribution in [0.4, 0.5) is 10.6 Å². The maximum Gasteiger partial charge on any atom is 0.323 e. The van der Waals surface area contributed by atoms with Crippen molar-refractivity contribution in [3.63, 3.8) is 0 Å². The highest BCUT2D eigenvalue weighted by molar-refractivity contribution is 5.96. The van der Waals surface area contributed by atoms with Gasteiger partial charge in [-0.25, -0.2) is 9.78 Å². The zero-order valence-electron chi connectivity index (χ0n) is 18.5. The number of pyridine rings is 2. The number of likely N-dealkylation sites (N-methyl/N-ethyl adjacent to an activating group) is 1. The molecule has 168 valence electrons. The lowest BCUT2D eigenvalue weighted by Crippen LogP contribution is -2.49. The van der Waals surface area contributed by atoms with E-state index in [1.54, 1.807) is 6.20 Å². The van der Waals surface area contributed by atoms with E-state index in [0.717, 1.165) is 80.8 Å². The predicted molar refractivity (Wildman–Crippen MR) is 125 cm³/mol. The van der Waals surface area contributed by atoms with Crippen LogP contribution >= 0.6 is 0 Å². The van der Waals surface area contributed by atoms with Gasteiger partial charge < -0.3 is 19.1 Å². The number of urea groups is 1. The molecular formula is C24H30N6O2. The highest BCUT2D eigenvalue weighted by Gasteiger charge is 2.22. The zero-order valence-corrected chi connectivity index (χ0v) is 18.5. The Balaban J connectivity index is 1.39. The molecule has 2 amide bonds. The van der Waals surface area contributed by atoms with Gasteiger partial charge >= 0.3 is 6.03 Å². The molecule has 0 saturated carbocycles. The van der Waals surface area contributed by atoms with Crippen LogP contribution in [0.2, 0.25) is 0 Å². The third-order valence-electron chi connectivity index (χ3n) is 6.63. The van der Waals surface area contributed by atoms with Crippen LogP contribution in [0.5, 0.6) is 0 Å². The van der Waals surface area contributed by atoms with Crippen LogP contribution in [-0.4, -0.2) is 76.3 Å². The third kappa shape index (κ3) is 4.20. The van der Waals surface area contributed by atoms with Gasteiger partial charge in [0.2, 0.25) is 0 Å². The van der Waals surface area contributed by atoms with Crippen LogP contribution in [0, 0.1) is 0 Å². The molecule has 0 radical (unpaired) electrons. The average Bonchev–Trinajstić information content (AvgIpc) is 3.25. The minimum Gasteiger partial charge on any atom is -0.381 e. The summed E-state index contributed by atoms with van der Waals surface area (Å²) in [7, 11) is 0. The quantitative estimate of drug-likeness (QED) is 0.679. The summed E-state index contributed by atoms with van der Waals surface area (Å²) in [6.45, 7) is 8.07. The van der Waals surface area contributed by atoms with E-state index in [4.69, 9.17) is 4.74 Å². The lowest BCUT2D eigenvalue weighted by molar-refractivity contribution is 0.0707. The number of rotatable bonds is 4. The molecule has 2 aliphatic rings. The van der Waals surface area contributed by atoms with Crippen LogP contribution in [0.15, 0.2) is 43.0 Å². The molecule has 0 aliphatic carbocycles. The van der Waals surface area contributed by atoms with Gasteiger partial charge in [0.05, 0.1) is 11.7 Å². The highest BCUT2D eigenvalue weighted by Crippen LogP contribution is 2.35. The van der Waals surface area contributed by atoms with Crippen LogP contribution in [0.1, 0.15) is 25.8 Å². The number of hydrogen-bond acceptors (Lipinski definition) is 5. The number of carbonyl (C=O) groups is 1. The summed E-state index contributed by atoms with van der Waals surface area (Å²) in [5.41, 5.74) is 3.29. The molecule has 0 atom stereocenters. The molecule has 3 aromatic rings. The second kappa shape index (κ2) is 9.26. The fraction of sp³-hybridized carbons (Fsp3) is 0.458. The molecule has 1 N–H and O–H groups in total. The van der Waals surface area contributed by atoms with Crippen molar-refractivity contribution in [2.24, 2.45) is 0 Å². The first-order valence-corrected chi connectivity index (χ1v) is 11.5. The normalized spacial score (nSPS) is 18.2. The second-order valence-electron chi connectivity index (χ2n) is 8.47. The standard InChI is InChI=1S/C24H30N6O2/c1-2-28-9-11-29(12-10-28)24(31)27-23-15-18(3-8-26-23)21-17-30(19-5-13-32-14-6-19)22-16-25-7-4-20(21)22/h3-4,7-8,15-17,19H,2,5-6,9-14H2,1H3,(H,26,27,31). The molecule has 32 heavy (non-hydrogen) atoms. The number of ether oxygens (including phenoxy) is 1. The van der Waals surface area contributed by atoms with E-state index >= 15 is 0 Å². The first-order valence-electron chi connectivity index (χ1n) is 11.5. The second-order valence-corrected chi connectivity index (χ2v) is 8.47. The van der Waals surface area contributed by atoms with E-state index in [1.807, 2.05) is 29.4 Å². The van der Waals surface area contributed by atoms with Gasteiger partial charge in [-0.3, -0.25) is 10.3 Å². The van der Waals surface area contributed by atoms with Crippen molar-refractivity contribution in [3.8, 4) is 11.1 Å². The fourth-order valence-corrected chi connectivity index (χ4v) is 4.72. The van der Waals surface area contributed by atoms with Crippen molar-refractivity contribution < 1.29 is 9.53 Å². The Bertz CT molecular complexity index is 1080. The fourth-order valence-electron chi connectivity index (χ4n) is 4.72. The Morgan fingerprint density at radius 2 is 1.97 bits per heavy atom. The predicted octanol–water partition coefficient (Wildman–Crippen LogP) is 3.62. The molecule has 5 heterocycles. The lowest BCUT2D eigenvalue weighted by Gasteiger charge is -2.33. The monoisotopic (exact) mass is 434 g/mol. The number of nitrogens with one attached hydrogen (secondary N) is 1. The van der Waals surface area contributed by atoms with Gasteiger partial charge in [0.15, 0.2) is 0 Å². The number of piperazine rings is 1. The average molecular weight is 435 g/mol. The summed E-state index contributed by atoms with van der Waals surface area (Å²) < 4.78 is 7.89. The van der Waals surface area contributed by atoms with Gasteiger partial charge in [0.1, 0.15) is 5.82 Å². The van der Waals surface area contributed by atoms with Crippen molar-refractivity contribution in [2.45, 2.75) is 25.8 Å². The van der Waals surface area contributed by atoms with Crippen molar-refractivity contribution in [1.82, 2.24) is 24.3 Å². The van der Waals surface area contributed by atoms with E-state index < -0.39 is 0 Å². The summed E-state index contributed by atoms with van der Waals surface area (Å²) in [5.74, 6) is 0.575. The smallest absolute Gasteiger partial charge is 0.323 e. The minimum atomic E-state index is -0.0840. The third-order valence-corrected chi connectivity index (χ3v) is 6.63. The molecule has 3 aromatic heterocycles. The van der Waals surface area contributed by atoms with Crippen LogP contribution < -0.4 is 5.32 Å². The molecule has 0 spiro atoms. The summed E-state index contributed by atoms with van der Waals surface area (Å²) in [6, 6.07) is 6.35. The Kier molecular flexibility index (Phi) is 6.05. The van der Waals surface area contributed by atoms with E-state index in [2.05, 4.69) is 43.9 Å². The largest absolute Gasteiger partial charge is 0.381 e. The summed E-state index contributed by atoms with van der Waals surface area (Å²) in [5, 5.41) is 4.15. The number of carbonyl (C=O) groups excluding carboxylic acids is 1. The number of aromatic nitrogens is 3. The van der Waals surface area contributed by atoms with Gasteiger partial charge in [-0.1, -0.05) is 6.92 Å². The Labute approximate surface area is 188 Å². The maximum absolute atomic E-state index is 12.8. The Morgan fingerprint density at radius 3 is 2.75 bits per heavy atom. The number of hydrogen-bond donors (Lipinski definition) is 1. The molecule has 2 aliphatic heterocycles. The molecular weight excluding hydrogens is 404 g/mol. The van der Waals surface area contributed by atoms with Crippen molar-refractivity contribution >= 4 is 22.8 Å². The Morgan fingerprint density at radius 1 is 1.16 bits per heavy atom. The van der Waals surface area contributed by atoms with Crippen LogP contribution in [0.25, 0.3) is 22.0 Å². The van der Waals surface area contributed by atoms with Gasteiger partial charge in [0.25, 0.3) is 0 Å². The summed E-state index contributed by atoms with van der Waals surface area (Å²) >= 11 is 0. The van der Waals surface area contributed by atoms with E-state index in [-0.39, 0.29) is 6.03 Å². The Hall–Kier alpha value is -2.97. The molecule has 0 aromatic carbocycles. The summed E-state index contributed by atoms with van der Waals surface area (Å²) in [6.07, 6.45) is 9.75. The molecule has 0 unspecified atom stereocenters. The number of nitrogens with zero attached hydrogens (tertiary/aromatic N) is 5. The van der Waals surface area contributed by atoms with Gasteiger partial charge in [-0.15, -0.1) is 0 Å². The number of amides is 2. The van der Waals surface area contributed by atoms with Gasteiger partial charge in [-0.05, 0) is 43.1 Å². The van der Waals surface area contributed by atoms with Crippen molar-refractivity contribution in [2.75, 3.05) is 51.3 Å². The first kappa shape index (κ1) is 20.9. The van der Waals surface area contributed by atoms with E-state index in [9.17, 15) is 4.79 Å². The minimum absolute atomic E-state index is 0.0840. The number of fused-ring (bicyclic) bond motifs is 1. The zero-order chi connectivity index (χ0) is 21.9. The van der Waals surface area contributed by atoms with Gasteiger partial charge in [-0.2, -0.15) is 0 Å². The topological polar surface area (TPSA) is 75.5 Å². The highest BCUT2D eigenvalue weighted by atomic mass is 16.5. The molecule has 2 saturated heterocycles. The molecule has 8 nitrogen and oxygen atoms in total.